The van der Waals surface area contributed by atoms with Crippen LogP contribution < -0.4 is 10.6 Å². The molecule has 0 bridgehead atoms. The van der Waals surface area contributed by atoms with Crippen LogP contribution in [0.1, 0.15) is 25.9 Å². The fourth-order valence-electron chi connectivity index (χ4n) is 1.90. The zero-order chi connectivity index (χ0) is 15.6. The quantitative estimate of drug-likeness (QED) is 0.695. The Morgan fingerprint density at radius 3 is 2.62 bits per heavy atom. The summed E-state index contributed by atoms with van der Waals surface area (Å²) in [6.07, 6.45) is 0. The Balaban J connectivity index is 2.05. The number of rotatable bonds is 4. The van der Waals surface area contributed by atoms with E-state index in [4.69, 9.17) is 10.5 Å². The molecule has 5 nitrogen and oxygen atoms in total. The van der Waals surface area contributed by atoms with Gasteiger partial charge in [0, 0.05) is 19.0 Å². The van der Waals surface area contributed by atoms with E-state index < -0.39 is 5.97 Å². The van der Waals surface area contributed by atoms with Crippen LogP contribution in [-0.4, -0.2) is 25.0 Å². The molecule has 1 heterocycles. The summed E-state index contributed by atoms with van der Waals surface area (Å²) >= 11 is 1.54. The molecule has 1 aromatic heterocycles. The highest BCUT2D eigenvalue weighted by Crippen LogP contribution is 2.23. The molecular weight excluding hydrogens is 286 g/mol. The smallest absolute Gasteiger partial charge is 0.338 e. The number of esters is 1. The first-order valence-electron chi connectivity index (χ1n) is 6.55. The van der Waals surface area contributed by atoms with Crippen LogP contribution in [-0.2, 0) is 11.3 Å². The van der Waals surface area contributed by atoms with Crippen molar-refractivity contribution in [2.75, 3.05) is 24.7 Å². The van der Waals surface area contributed by atoms with Crippen LogP contribution in [0.15, 0.2) is 18.2 Å². The van der Waals surface area contributed by atoms with Crippen molar-refractivity contribution in [1.82, 2.24) is 4.98 Å². The Labute approximate surface area is 128 Å². The molecule has 2 rings (SSSR count). The van der Waals surface area contributed by atoms with E-state index in [-0.39, 0.29) is 6.61 Å². The number of carbonyl (C=O) groups excluding carboxylic acids is 1. The van der Waals surface area contributed by atoms with Crippen LogP contribution in [0.5, 0.6) is 0 Å². The third-order valence-electron chi connectivity index (χ3n) is 3.14. The maximum Gasteiger partial charge on any atom is 0.338 e. The first kappa shape index (κ1) is 15.3. The molecular formula is C15H19N3O2S. The number of benzene rings is 1. The van der Waals surface area contributed by atoms with Crippen LogP contribution in [0, 0.1) is 13.8 Å². The number of nitrogen functional groups attached to an aromatic ring is 1. The van der Waals surface area contributed by atoms with E-state index in [0.717, 1.165) is 21.3 Å². The zero-order valence-electron chi connectivity index (χ0n) is 12.6. The highest BCUT2D eigenvalue weighted by molar-refractivity contribution is 7.11. The Morgan fingerprint density at radius 1 is 1.38 bits per heavy atom. The first-order chi connectivity index (χ1) is 9.88. The van der Waals surface area contributed by atoms with E-state index in [2.05, 4.69) is 4.98 Å². The molecule has 112 valence electrons. The maximum atomic E-state index is 12.0. The second kappa shape index (κ2) is 6.13. The van der Waals surface area contributed by atoms with Gasteiger partial charge in [0.05, 0.1) is 22.6 Å². The monoisotopic (exact) mass is 305 g/mol. The van der Waals surface area contributed by atoms with Gasteiger partial charge in [-0.2, -0.15) is 0 Å². The zero-order valence-corrected chi connectivity index (χ0v) is 13.5. The molecule has 1 aromatic carbocycles. The van der Waals surface area contributed by atoms with Gasteiger partial charge in [0.25, 0.3) is 0 Å². The van der Waals surface area contributed by atoms with Gasteiger partial charge in [-0.15, -0.1) is 11.3 Å². The molecule has 0 saturated carbocycles. The van der Waals surface area contributed by atoms with Gasteiger partial charge in [-0.25, -0.2) is 9.78 Å². The molecule has 0 saturated heterocycles. The Morgan fingerprint density at radius 2 is 2.10 bits per heavy atom. The van der Waals surface area contributed by atoms with E-state index in [0.29, 0.717) is 11.3 Å². The molecule has 0 atom stereocenters. The Bertz CT molecular complexity index is 645. The second-order valence-corrected chi connectivity index (χ2v) is 6.28. The average molecular weight is 305 g/mol. The fourth-order valence-corrected chi connectivity index (χ4v) is 2.75. The van der Waals surface area contributed by atoms with Crippen molar-refractivity contribution < 1.29 is 9.53 Å². The summed E-state index contributed by atoms with van der Waals surface area (Å²) in [6, 6.07) is 5.16. The van der Waals surface area contributed by atoms with Gasteiger partial charge in [0.2, 0.25) is 0 Å². The molecule has 0 aliphatic rings. The summed E-state index contributed by atoms with van der Waals surface area (Å²) in [5.74, 6) is -0.391. The number of ether oxygens (including phenoxy) is 1. The number of thiazole rings is 1. The highest BCUT2D eigenvalue weighted by Gasteiger charge is 2.12. The van der Waals surface area contributed by atoms with Gasteiger partial charge < -0.3 is 15.4 Å². The van der Waals surface area contributed by atoms with Crippen molar-refractivity contribution >= 4 is 28.7 Å². The van der Waals surface area contributed by atoms with Crippen LogP contribution in [0.2, 0.25) is 0 Å². The summed E-state index contributed by atoms with van der Waals surface area (Å²) < 4.78 is 5.28. The Hall–Kier alpha value is -2.08. The van der Waals surface area contributed by atoms with Gasteiger partial charge in [0.1, 0.15) is 11.6 Å². The average Bonchev–Trinajstić information content (AvgIpc) is 2.74. The molecule has 0 fully saturated rings. The van der Waals surface area contributed by atoms with Crippen LogP contribution in [0.25, 0.3) is 0 Å². The number of aryl methyl sites for hydroxylation is 2. The normalized spacial score (nSPS) is 10.5. The lowest BCUT2D eigenvalue weighted by Gasteiger charge is -2.15. The number of anilines is 2. The lowest BCUT2D eigenvalue weighted by Crippen LogP contribution is -2.12. The molecule has 0 radical (unpaired) electrons. The Kier molecular flexibility index (Phi) is 4.47. The summed E-state index contributed by atoms with van der Waals surface area (Å²) in [5.41, 5.74) is 8.78. The molecule has 6 heteroatoms. The topological polar surface area (TPSA) is 68.5 Å². The summed E-state index contributed by atoms with van der Waals surface area (Å²) in [4.78, 5) is 19.4. The van der Waals surface area contributed by atoms with Gasteiger partial charge in [-0.3, -0.25) is 0 Å². The number of carbonyl (C=O) groups is 1. The molecule has 0 unspecified atom stereocenters. The predicted molar refractivity (Wildman–Crippen MR) is 85.9 cm³/mol. The number of hydrogen-bond donors (Lipinski definition) is 1. The van der Waals surface area contributed by atoms with E-state index in [1.165, 1.54) is 0 Å². The van der Waals surface area contributed by atoms with E-state index in [9.17, 15) is 4.79 Å². The molecule has 0 amide bonds. The summed E-state index contributed by atoms with van der Waals surface area (Å²) in [5, 5.41) is 0.802. The predicted octanol–water partition coefficient (Wildman–Crippen LogP) is 2.77. The van der Waals surface area contributed by atoms with Crippen molar-refractivity contribution in [3.63, 3.8) is 0 Å². The SMILES string of the molecule is Cc1nc(COC(=O)c2ccc(N(C)C)c(N)c2)sc1C. The second-order valence-electron chi connectivity index (χ2n) is 4.99. The van der Waals surface area contributed by atoms with Crippen LogP contribution in [0.3, 0.4) is 0 Å². The number of nitrogens with zero attached hydrogens (tertiary/aromatic N) is 2. The third kappa shape index (κ3) is 3.52. The van der Waals surface area contributed by atoms with Gasteiger partial charge in [-0.05, 0) is 32.0 Å². The minimum Gasteiger partial charge on any atom is -0.455 e. The van der Waals surface area contributed by atoms with Gasteiger partial charge in [-0.1, -0.05) is 0 Å². The largest absolute Gasteiger partial charge is 0.455 e. The number of hydrogen-bond acceptors (Lipinski definition) is 6. The minimum absolute atomic E-state index is 0.188. The molecule has 0 spiro atoms. The molecule has 2 N–H and O–H groups in total. The van der Waals surface area contributed by atoms with Crippen LogP contribution >= 0.6 is 11.3 Å². The van der Waals surface area contributed by atoms with Gasteiger partial charge in [0.15, 0.2) is 0 Å². The van der Waals surface area contributed by atoms with E-state index >= 15 is 0 Å². The van der Waals surface area contributed by atoms with Crippen molar-refractivity contribution in [1.29, 1.82) is 0 Å². The standard InChI is InChI=1S/C15H19N3O2S/c1-9-10(2)21-14(17-9)8-20-15(19)11-5-6-13(18(3)4)12(16)7-11/h5-7H,8,16H2,1-4H3. The summed E-state index contributed by atoms with van der Waals surface area (Å²) in [7, 11) is 3.80. The highest BCUT2D eigenvalue weighted by atomic mass is 32.1. The number of nitrogens with two attached hydrogens (primary N) is 1. The lowest BCUT2D eigenvalue weighted by molar-refractivity contribution is 0.0472. The summed E-state index contributed by atoms with van der Waals surface area (Å²) in [6.45, 7) is 4.13. The number of aromatic nitrogens is 1. The fraction of sp³-hybridized carbons (Fsp3) is 0.333. The van der Waals surface area contributed by atoms with Crippen molar-refractivity contribution in [3.8, 4) is 0 Å². The van der Waals surface area contributed by atoms with Gasteiger partial charge >= 0.3 is 5.97 Å². The van der Waals surface area contributed by atoms with Crippen LogP contribution in [0.4, 0.5) is 11.4 Å². The van der Waals surface area contributed by atoms with Crippen molar-refractivity contribution in [3.05, 3.63) is 39.3 Å². The molecule has 2 aromatic rings. The third-order valence-corrected chi connectivity index (χ3v) is 4.19. The first-order valence-corrected chi connectivity index (χ1v) is 7.37. The molecule has 0 aliphatic carbocycles. The molecule has 0 aliphatic heterocycles. The lowest BCUT2D eigenvalue weighted by atomic mass is 10.1. The molecule has 21 heavy (non-hydrogen) atoms. The van der Waals surface area contributed by atoms with E-state index in [1.54, 1.807) is 23.5 Å². The van der Waals surface area contributed by atoms with E-state index in [1.807, 2.05) is 38.9 Å². The van der Waals surface area contributed by atoms with Crippen molar-refractivity contribution in [2.24, 2.45) is 0 Å². The maximum absolute atomic E-state index is 12.0. The van der Waals surface area contributed by atoms with Crippen molar-refractivity contribution in [2.45, 2.75) is 20.5 Å². The minimum atomic E-state index is -0.391.